The molecule has 0 spiro atoms. The van der Waals surface area contributed by atoms with Crippen molar-refractivity contribution in [1.29, 1.82) is 0 Å². The van der Waals surface area contributed by atoms with Gasteiger partial charge in [-0.1, -0.05) is 19.1 Å². The zero-order valence-electron chi connectivity index (χ0n) is 18.7. The number of unbranched alkanes of at least 4 members (excludes halogenated alkanes) is 1. The van der Waals surface area contributed by atoms with E-state index in [1.54, 1.807) is 31.2 Å². The van der Waals surface area contributed by atoms with Gasteiger partial charge in [-0.25, -0.2) is 9.59 Å². The van der Waals surface area contributed by atoms with Crippen LogP contribution in [0.15, 0.2) is 60.7 Å². The van der Waals surface area contributed by atoms with Crippen molar-refractivity contribution in [2.24, 2.45) is 0 Å². The number of hydrogen-bond acceptors (Lipinski definition) is 7. The summed E-state index contributed by atoms with van der Waals surface area (Å²) < 4.78 is 20.9. The van der Waals surface area contributed by atoms with Gasteiger partial charge in [0.1, 0.15) is 11.5 Å². The molecule has 0 N–H and O–H groups in total. The molecule has 172 valence electrons. The summed E-state index contributed by atoms with van der Waals surface area (Å²) in [5, 5.41) is 1.81. The SMILES string of the molecule is CCC(=O)OCCCCOc1ccc2cc(C(=O)Oc3ccc(C(=O)OC)cc3)ccc2c1. The van der Waals surface area contributed by atoms with Gasteiger partial charge in [-0.2, -0.15) is 0 Å². The van der Waals surface area contributed by atoms with Crippen molar-refractivity contribution in [3.05, 3.63) is 71.8 Å². The van der Waals surface area contributed by atoms with Crippen molar-refractivity contribution in [3.63, 3.8) is 0 Å². The van der Waals surface area contributed by atoms with Gasteiger partial charge in [0.2, 0.25) is 0 Å². The fourth-order valence-electron chi connectivity index (χ4n) is 3.07. The van der Waals surface area contributed by atoms with Crippen LogP contribution < -0.4 is 9.47 Å². The number of carbonyl (C=O) groups is 3. The Kier molecular flexibility index (Phi) is 8.41. The first-order valence-corrected chi connectivity index (χ1v) is 10.7. The van der Waals surface area contributed by atoms with E-state index >= 15 is 0 Å². The number of fused-ring (bicyclic) bond motifs is 1. The Morgan fingerprint density at radius 1 is 0.727 bits per heavy atom. The molecule has 3 aromatic rings. The van der Waals surface area contributed by atoms with Crippen LogP contribution in [0.3, 0.4) is 0 Å². The Bertz CT molecular complexity index is 1120. The van der Waals surface area contributed by atoms with Gasteiger partial charge in [-0.3, -0.25) is 4.79 Å². The molecular weight excluding hydrogens is 424 g/mol. The lowest BCUT2D eigenvalue weighted by molar-refractivity contribution is -0.143. The van der Waals surface area contributed by atoms with Gasteiger partial charge in [-0.05, 0) is 72.1 Å². The van der Waals surface area contributed by atoms with Crippen LogP contribution in [0, 0.1) is 0 Å². The maximum atomic E-state index is 12.5. The summed E-state index contributed by atoms with van der Waals surface area (Å²) in [6, 6.07) is 17.1. The fraction of sp³-hybridized carbons (Fsp3) is 0.269. The van der Waals surface area contributed by atoms with Crippen molar-refractivity contribution in [2.75, 3.05) is 20.3 Å². The average Bonchev–Trinajstić information content (AvgIpc) is 2.85. The molecular formula is C26H26O7. The van der Waals surface area contributed by atoms with E-state index in [0.717, 1.165) is 29.4 Å². The molecule has 33 heavy (non-hydrogen) atoms. The first-order chi connectivity index (χ1) is 16.0. The number of hydrogen-bond donors (Lipinski definition) is 0. The molecule has 0 unspecified atom stereocenters. The third kappa shape index (κ3) is 6.80. The van der Waals surface area contributed by atoms with Crippen molar-refractivity contribution >= 4 is 28.7 Å². The second-order valence-corrected chi connectivity index (χ2v) is 7.26. The quantitative estimate of drug-likeness (QED) is 0.245. The van der Waals surface area contributed by atoms with E-state index in [0.29, 0.717) is 36.5 Å². The monoisotopic (exact) mass is 450 g/mol. The Labute approximate surface area is 192 Å². The van der Waals surface area contributed by atoms with Crippen molar-refractivity contribution in [1.82, 2.24) is 0 Å². The standard InChI is InChI=1S/C26H26O7/c1-3-24(27)32-15-5-4-14-31-23-13-10-19-16-21(7-6-20(19)17-23)26(29)33-22-11-8-18(9-12-22)25(28)30-2/h6-13,16-17H,3-5,14-15H2,1-2H3. The van der Waals surface area contributed by atoms with Gasteiger partial charge in [0.05, 0.1) is 31.5 Å². The summed E-state index contributed by atoms with van der Waals surface area (Å²) in [6.45, 7) is 2.69. The van der Waals surface area contributed by atoms with Gasteiger partial charge < -0.3 is 18.9 Å². The van der Waals surface area contributed by atoms with Crippen LogP contribution in [0.1, 0.15) is 46.9 Å². The van der Waals surface area contributed by atoms with E-state index in [1.807, 2.05) is 24.3 Å². The molecule has 7 heteroatoms. The topological polar surface area (TPSA) is 88.1 Å². The minimum absolute atomic E-state index is 0.190. The van der Waals surface area contributed by atoms with E-state index < -0.39 is 11.9 Å². The van der Waals surface area contributed by atoms with Gasteiger partial charge in [-0.15, -0.1) is 0 Å². The molecule has 0 aliphatic rings. The highest BCUT2D eigenvalue weighted by molar-refractivity contribution is 5.97. The number of esters is 3. The van der Waals surface area contributed by atoms with Crippen LogP contribution in [0.2, 0.25) is 0 Å². The minimum atomic E-state index is -0.494. The van der Waals surface area contributed by atoms with Gasteiger partial charge >= 0.3 is 17.9 Å². The number of methoxy groups -OCH3 is 1. The summed E-state index contributed by atoms with van der Waals surface area (Å²) in [6.07, 6.45) is 1.91. The minimum Gasteiger partial charge on any atom is -0.494 e. The molecule has 0 bridgehead atoms. The van der Waals surface area contributed by atoms with Crippen LogP contribution in [-0.2, 0) is 14.3 Å². The summed E-state index contributed by atoms with van der Waals surface area (Å²) in [5.74, 6) is -0.0738. The van der Waals surface area contributed by atoms with Crippen molar-refractivity contribution in [2.45, 2.75) is 26.2 Å². The Balaban J connectivity index is 1.55. The van der Waals surface area contributed by atoms with E-state index in [4.69, 9.17) is 14.2 Å². The Hall–Kier alpha value is -3.87. The summed E-state index contributed by atoms with van der Waals surface area (Å²) in [4.78, 5) is 35.1. The molecule has 0 saturated heterocycles. The smallest absolute Gasteiger partial charge is 0.343 e. The number of ether oxygens (including phenoxy) is 4. The van der Waals surface area contributed by atoms with Gasteiger partial charge in [0.25, 0.3) is 0 Å². The highest BCUT2D eigenvalue weighted by atomic mass is 16.5. The lowest BCUT2D eigenvalue weighted by atomic mass is 10.1. The normalized spacial score (nSPS) is 10.5. The molecule has 0 heterocycles. The van der Waals surface area contributed by atoms with Crippen LogP contribution in [0.5, 0.6) is 11.5 Å². The predicted molar refractivity (Wildman–Crippen MR) is 123 cm³/mol. The average molecular weight is 450 g/mol. The molecule has 0 amide bonds. The summed E-state index contributed by atoms with van der Waals surface area (Å²) in [7, 11) is 1.31. The second-order valence-electron chi connectivity index (χ2n) is 7.26. The third-order valence-electron chi connectivity index (χ3n) is 4.89. The van der Waals surface area contributed by atoms with Gasteiger partial charge in [0.15, 0.2) is 0 Å². The molecule has 0 radical (unpaired) electrons. The molecule has 3 aromatic carbocycles. The molecule has 0 aliphatic carbocycles. The first-order valence-electron chi connectivity index (χ1n) is 10.7. The number of rotatable bonds is 10. The number of carbonyl (C=O) groups excluding carboxylic acids is 3. The number of benzene rings is 3. The van der Waals surface area contributed by atoms with E-state index in [2.05, 4.69) is 4.74 Å². The third-order valence-corrected chi connectivity index (χ3v) is 4.89. The molecule has 3 rings (SSSR count). The molecule has 0 saturated carbocycles. The molecule has 0 fully saturated rings. The largest absolute Gasteiger partial charge is 0.494 e. The van der Waals surface area contributed by atoms with E-state index in [1.165, 1.54) is 19.2 Å². The van der Waals surface area contributed by atoms with E-state index in [-0.39, 0.29) is 5.97 Å². The van der Waals surface area contributed by atoms with E-state index in [9.17, 15) is 14.4 Å². The summed E-state index contributed by atoms with van der Waals surface area (Å²) >= 11 is 0. The fourth-order valence-corrected chi connectivity index (χ4v) is 3.07. The molecule has 0 aromatic heterocycles. The highest BCUT2D eigenvalue weighted by Gasteiger charge is 2.11. The molecule has 0 aliphatic heterocycles. The van der Waals surface area contributed by atoms with Gasteiger partial charge in [0, 0.05) is 6.42 Å². The maximum Gasteiger partial charge on any atom is 0.343 e. The molecule has 7 nitrogen and oxygen atoms in total. The van der Waals surface area contributed by atoms with Crippen LogP contribution in [0.4, 0.5) is 0 Å². The van der Waals surface area contributed by atoms with Crippen molar-refractivity contribution < 1.29 is 33.3 Å². The zero-order chi connectivity index (χ0) is 23.6. The predicted octanol–water partition coefficient (Wildman–Crippen LogP) is 4.96. The Morgan fingerprint density at radius 3 is 2.09 bits per heavy atom. The summed E-state index contributed by atoms with van der Waals surface area (Å²) in [5.41, 5.74) is 0.788. The lowest BCUT2D eigenvalue weighted by Gasteiger charge is -2.09. The highest BCUT2D eigenvalue weighted by Crippen LogP contribution is 2.23. The van der Waals surface area contributed by atoms with Crippen LogP contribution in [0.25, 0.3) is 10.8 Å². The second kappa shape index (κ2) is 11.7. The maximum absolute atomic E-state index is 12.5. The molecule has 0 atom stereocenters. The van der Waals surface area contributed by atoms with Crippen LogP contribution in [-0.4, -0.2) is 38.2 Å². The zero-order valence-corrected chi connectivity index (χ0v) is 18.7. The van der Waals surface area contributed by atoms with Crippen molar-refractivity contribution in [3.8, 4) is 11.5 Å². The first kappa shape index (κ1) is 23.8. The lowest BCUT2D eigenvalue weighted by Crippen LogP contribution is -2.09. The van der Waals surface area contributed by atoms with Crippen LogP contribution >= 0.6 is 0 Å². The Morgan fingerprint density at radius 2 is 1.36 bits per heavy atom.